The van der Waals surface area contributed by atoms with E-state index in [1.807, 2.05) is 12.1 Å². The van der Waals surface area contributed by atoms with Crippen LogP contribution < -0.4 is 5.32 Å². The third-order valence-electron chi connectivity index (χ3n) is 4.10. The Bertz CT molecular complexity index is 436. The monoisotopic (exact) mass is 358 g/mol. The molecule has 0 aliphatic carbocycles. The molecule has 4 heteroatoms. The fraction of sp³-hybridized carbons (Fsp3) is 0.625. The fourth-order valence-corrected chi connectivity index (χ4v) is 3.52. The number of nitrogens with zero attached hydrogens (tertiary/aromatic N) is 1. The molecule has 2 atom stereocenters. The quantitative estimate of drug-likeness (QED) is 0.793. The average Bonchev–Trinajstić information content (AvgIpc) is 2.43. The highest BCUT2D eigenvalue weighted by molar-refractivity contribution is 9.10. The Morgan fingerprint density at radius 3 is 3.05 bits per heavy atom. The van der Waals surface area contributed by atoms with Crippen molar-refractivity contribution in [3.8, 4) is 0 Å². The number of anilines is 1. The van der Waals surface area contributed by atoms with Gasteiger partial charge in [0.05, 0.1) is 10.7 Å². The number of halogens is 2. The van der Waals surface area contributed by atoms with Crippen molar-refractivity contribution >= 4 is 33.2 Å². The summed E-state index contributed by atoms with van der Waals surface area (Å²) in [6, 6.07) is 6.42. The van der Waals surface area contributed by atoms with Crippen molar-refractivity contribution < 1.29 is 0 Å². The summed E-state index contributed by atoms with van der Waals surface area (Å²) in [4.78, 5) is 2.59. The summed E-state index contributed by atoms with van der Waals surface area (Å²) < 4.78 is 1.06. The van der Waals surface area contributed by atoms with E-state index >= 15 is 0 Å². The first-order valence-electron chi connectivity index (χ1n) is 7.54. The highest BCUT2D eigenvalue weighted by Crippen LogP contribution is 2.29. The predicted molar refractivity (Wildman–Crippen MR) is 91.7 cm³/mol. The van der Waals surface area contributed by atoms with Crippen LogP contribution in [0.3, 0.4) is 0 Å². The molecule has 0 radical (unpaired) electrons. The van der Waals surface area contributed by atoms with E-state index in [2.05, 4.69) is 46.1 Å². The van der Waals surface area contributed by atoms with Crippen LogP contribution in [-0.2, 0) is 0 Å². The Labute approximate surface area is 136 Å². The molecule has 0 spiro atoms. The second-order valence-electron chi connectivity index (χ2n) is 5.76. The number of benzene rings is 1. The maximum atomic E-state index is 6.26. The molecule has 2 rings (SSSR count). The van der Waals surface area contributed by atoms with Gasteiger partial charge in [0.1, 0.15) is 0 Å². The summed E-state index contributed by atoms with van der Waals surface area (Å²) in [6.45, 7) is 8.22. The lowest BCUT2D eigenvalue weighted by atomic mass is 9.91. The molecule has 0 amide bonds. The van der Waals surface area contributed by atoms with Crippen molar-refractivity contribution in [2.45, 2.75) is 39.2 Å². The molecule has 2 nitrogen and oxygen atoms in total. The van der Waals surface area contributed by atoms with Crippen LogP contribution in [0.2, 0.25) is 5.02 Å². The zero-order chi connectivity index (χ0) is 14.5. The van der Waals surface area contributed by atoms with Crippen molar-refractivity contribution in [3.63, 3.8) is 0 Å². The van der Waals surface area contributed by atoms with Crippen molar-refractivity contribution in [1.29, 1.82) is 0 Å². The highest BCUT2D eigenvalue weighted by atomic mass is 79.9. The Kier molecular flexibility index (Phi) is 6.19. The van der Waals surface area contributed by atoms with E-state index in [1.54, 1.807) is 0 Å². The number of hydrogen-bond donors (Lipinski definition) is 1. The van der Waals surface area contributed by atoms with Gasteiger partial charge in [0.15, 0.2) is 0 Å². The minimum atomic E-state index is 0.446. The Morgan fingerprint density at radius 1 is 1.50 bits per heavy atom. The Hall–Kier alpha value is -0.250. The van der Waals surface area contributed by atoms with Crippen molar-refractivity contribution in [1.82, 2.24) is 4.90 Å². The van der Waals surface area contributed by atoms with E-state index < -0.39 is 0 Å². The summed E-state index contributed by atoms with van der Waals surface area (Å²) >= 11 is 9.77. The van der Waals surface area contributed by atoms with E-state index in [9.17, 15) is 0 Å². The molecule has 1 saturated heterocycles. The first kappa shape index (κ1) is 16.1. The van der Waals surface area contributed by atoms with Crippen LogP contribution in [0.4, 0.5) is 5.69 Å². The van der Waals surface area contributed by atoms with Gasteiger partial charge in [0.25, 0.3) is 0 Å². The second-order valence-corrected chi connectivity index (χ2v) is 7.08. The van der Waals surface area contributed by atoms with Gasteiger partial charge in [-0.15, -0.1) is 0 Å². The van der Waals surface area contributed by atoms with Crippen LogP contribution in [0.5, 0.6) is 0 Å². The molecule has 1 aliphatic rings. The number of hydrogen-bond acceptors (Lipinski definition) is 2. The number of likely N-dealkylation sites (tertiary alicyclic amines) is 1. The lowest BCUT2D eigenvalue weighted by Gasteiger charge is -2.36. The predicted octanol–water partition coefficient (Wildman–Crippen LogP) is 5.02. The number of rotatable bonds is 5. The lowest BCUT2D eigenvalue weighted by molar-refractivity contribution is 0.165. The lowest BCUT2D eigenvalue weighted by Crippen LogP contribution is -2.42. The van der Waals surface area contributed by atoms with Crippen molar-refractivity contribution in [3.05, 3.63) is 27.7 Å². The molecule has 1 heterocycles. The van der Waals surface area contributed by atoms with E-state index in [1.165, 1.54) is 38.9 Å². The summed E-state index contributed by atoms with van der Waals surface area (Å²) in [5, 5.41) is 4.39. The van der Waals surface area contributed by atoms with Crippen molar-refractivity contribution in [2.24, 2.45) is 5.92 Å². The van der Waals surface area contributed by atoms with Gasteiger partial charge in [-0.2, -0.15) is 0 Å². The SMILES string of the molecule is CCCN1CCCC(C(C)Nc2cc(Br)ccc2Cl)C1. The highest BCUT2D eigenvalue weighted by Gasteiger charge is 2.24. The molecule has 1 aromatic carbocycles. The molecule has 0 bridgehead atoms. The fourth-order valence-electron chi connectivity index (χ4n) is 2.99. The van der Waals surface area contributed by atoms with Gasteiger partial charge in [-0.05, 0) is 63.4 Å². The van der Waals surface area contributed by atoms with Crippen LogP contribution >= 0.6 is 27.5 Å². The summed E-state index contributed by atoms with van der Waals surface area (Å²) in [5.74, 6) is 0.699. The molecule has 0 aromatic heterocycles. The first-order valence-corrected chi connectivity index (χ1v) is 8.71. The Balaban J connectivity index is 1.96. The summed E-state index contributed by atoms with van der Waals surface area (Å²) in [7, 11) is 0. The van der Waals surface area contributed by atoms with E-state index in [4.69, 9.17) is 11.6 Å². The minimum Gasteiger partial charge on any atom is -0.381 e. The van der Waals surface area contributed by atoms with Gasteiger partial charge in [-0.3, -0.25) is 0 Å². The molecule has 0 saturated carbocycles. The molecule has 1 aromatic rings. The third kappa shape index (κ3) is 4.37. The molecule has 20 heavy (non-hydrogen) atoms. The van der Waals surface area contributed by atoms with Crippen molar-refractivity contribution in [2.75, 3.05) is 25.0 Å². The standard InChI is InChI=1S/C16H24BrClN2/c1-3-8-20-9-4-5-13(11-20)12(2)19-16-10-14(17)6-7-15(16)18/h6-7,10,12-13,19H,3-5,8-9,11H2,1-2H3. The summed E-state index contributed by atoms with van der Waals surface area (Å²) in [5.41, 5.74) is 1.03. The topological polar surface area (TPSA) is 15.3 Å². The average molecular weight is 360 g/mol. The molecule has 1 N–H and O–H groups in total. The molecule has 2 unspecified atom stereocenters. The number of nitrogens with one attached hydrogen (secondary N) is 1. The van der Waals surface area contributed by atoms with Gasteiger partial charge >= 0.3 is 0 Å². The van der Waals surface area contributed by atoms with Gasteiger partial charge in [0.2, 0.25) is 0 Å². The van der Waals surface area contributed by atoms with E-state index in [-0.39, 0.29) is 0 Å². The van der Waals surface area contributed by atoms with Crippen LogP contribution in [0.15, 0.2) is 22.7 Å². The largest absolute Gasteiger partial charge is 0.381 e. The Morgan fingerprint density at radius 2 is 2.30 bits per heavy atom. The second kappa shape index (κ2) is 7.67. The van der Waals surface area contributed by atoms with Crippen LogP contribution in [-0.4, -0.2) is 30.6 Å². The zero-order valence-electron chi connectivity index (χ0n) is 12.3. The zero-order valence-corrected chi connectivity index (χ0v) is 14.7. The molecule has 1 aliphatic heterocycles. The summed E-state index contributed by atoms with van der Waals surface area (Å²) in [6.07, 6.45) is 3.86. The molecule has 1 fully saturated rings. The van der Waals surface area contributed by atoms with Crippen LogP contribution in [0.1, 0.15) is 33.1 Å². The smallest absolute Gasteiger partial charge is 0.0638 e. The van der Waals surface area contributed by atoms with Gasteiger partial charge in [0, 0.05) is 17.1 Å². The van der Waals surface area contributed by atoms with Crippen LogP contribution in [0, 0.1) is 5.92 Å². The molecular weight excluding hydrogens is 336 g/mol. The van der Waals surface area contributed by atoms with Gasteiger partial charge in [-0.25, -0.2) is 0 Å². The third-order valence-corrected chi connectivity index (χ3v) is 4.92. The van der Waals surface area contributed by atoms with Gasteiger partial charge < -0.3 is 10.2 Å². The maximum absolute atomic E-state index is 6.26. The van der Waals surface area contributed by atoms with E-state index in [0.29, 0.717) is 12.0 Å². The molecular formula is C16H24BrClN2. The molecule has 112 valence electrons. The normalized spacial score (nSPS) is 21.7. The number of piperidine rings is 1. The van der Waals surface area contributed by atoms with E-state index in [0.717, 1.165) is 15.2 Å². The first-order chi connectivity index (χ1) is 9.60. The van der Waals surface area contributed by atoms with Gasteiger partial charge in [-0.1, -0.05) is 34.5 Å². The van der Waals surface area contributed by atoms with Crippen LogP contribution in [0.25, 0.3) is 0 Å². The minimum absolute atomic E-state index is 0.446. The maximum Gasteiger partial charge on any atom is 0.0638 e.